The van der Waals surface area contributed by atoms with E-state index in [-0.39, 0.29) is 29.9 Å². The van der Waals surface area contributed by atoms with E-state index in [0.29, 0.717) is 18.9 Å². The largest absolute Gasteiger partial charge is 0.357 e. The molecule has 1 aromatic heterocycles. The zero-order chi connectivity index (χ0) is 19.8. The minimum atomic E-state index is 0. The lowest BCUT2D eigenvalue weighted by Crippen LogP contribution is -2.40. The summed E-state index contributed by atoms with van der Waals surface area (Å²) in [6.07, 6.45) is 3.01. The molecule has 1 fully saturated rings. The van der Waals surface area contributed by atoms with E-state index in [0.717, 1.165) is 44.4 Å². The zero-order valence-corrected chi connectivity index (χ0v) is 19.4. The summed E-state index contributed by atoms with van der Waals surface area (Å²) in [4.78, 5) is 23.1. The van der Waals surface area contributed by atoms with E-state index < -0.39 is 0 Å². The minimum Gasteiger partial charge on any atom is -0.357 e. The monoisotopic (exact) mass is 511 g/mol. The summed E-state index contributed by atoms with van der Waals surface area (Å²) < 4.78 is 1.72. The van der Waals surface area contributed by atoms with Crippen molar-refractivity contribution in [1.82, 2.24) is 30.3 Å². The highest BCUT2D eigenvalue weighted by molar-refractivity contribution is 14.0. The normalized spacial score (nSPS) is 16.6. The van der Waals surface area contributed by atoms with Crippen LogP contribution in [0.15, 0.2) is 41.7 Å². The number of hydrogen-bond acceptors (Lipinski definition) is 4. The maximum absolute atomic E-state index is 12.3. The van der Waals surface area contributed by atoms with Crippen LogP contribution in [0.2, 0.25) is 0 Å². The molecule has 1 atom stereocenters. The van der Waals surface area contributed by atoms with Gasteiger partial charge in [0.05, 0.1) is 0 Å². The molecule has 1 unspecified atom stereocenters. The molecule has 158 valence electrons. The van der Waals surface area contributed by atoms with Crippen LogP contribution in [-0.2, 0) is 24.8 Å². The molecule has 1 aliphatic heterocycles. The number of nitrogens with one attached hydrogen (secondary N) is 2. The third-order valence-electron chi connectivity index (χ3n) is 4.89. The number of guanidine groups is 1. The number of aryl methyl sites for hydroxylation is 1. The first-order valence-electron chi connectivity index (χ1n) is 9.82. The fraction of sp³-hybridized carbons (Fsp3) is 0.500. The molecule has 2 aromatic rings. The van der Waals surface area contributed by atoms with Crippen molar-refractivity contribution in [2.24, 2.45) is 18.0 Å². The van der Waals surface area contributed by atoms with Crippen LogP contribution in [0.5, 0.6) is 0 Å². The molecule has 0 bridgehead atoms. The predicted octanol–water partition coefficient (Wildman–Crippen LogP) is 1.58. The van der Waals surface area contributed by atoms with E-state index in [1.54, 1.807) is 4.68 Å². The highest BCUT2D eigenvalue weighted by Crippen LogP contribution is 2.17. The summed E-state index contributed by atoms with van der Waals surface area (Å²) in [6, 6.07) is 10.3. The van der Waals surface area contributed by atoms with Crippen molar-refractivity contribution >= 4 is 35.8 Å². The number of halogens is 1. The quantitative estimate of drug-likeness (QED) is 0.320. The van der Waals surface area contributed by atoms with Crippen molar-refractivity contribution in [3.8, 4) is 0 Å². The molecule has 2 N–H and O–H groups in total. The molecule has 2 heterocycles. The molecule has 1 amide bonds. The number of rotatable bonds is 8. The van der Waals surface area contributed by atoms with Gasteiger partial charge < -0.3 is 15.5 Å². The van der Waals surface area contributed by atoms with Crippen molar-refractivity contribution in [2.45, 2.75) is 26.3 Å². The fourth-order valence-corrected chi connectivity index (χ4v) is 3.31. The third kappa shape index (κ3) is 6.98. The highest BCUT2D eigenvalue weighted by atomic mass is 127. The number of benzene rings is 1. The molecule has 29 heavy (non-hydrogen) atoms. The van der Waals surface area contributed by atoms with E-state index in [2.05, 4.69) is 37.8 Å². The standard InChI is InChI=1S/C20H29N7O.HI/c1-3-21-20(23-13-18-24-15-25-26(18)2)22-12-17-11-19(28)27(14-17)10-9-16-7-5-4-6-8-16;/h4-8,15,17H,3,9-14H2,1-2H3,(H2,21,22,23);1H. The summed E-state index contributed by atoms with van der Waals surface area (Å²) in [6.45, 7) is 5.55. The SMILES string of the molecule is CCNC(=NCc1ncnn1C)NCC1CC(=O)N(CCc2ccccc2)C1.I. The number of hydrogen-bond donors (Lipinski definition) is 2. The van der Waals surface area contributed by atoms with Crippen molar-refractivity contribution in [3.63, 3.8) is 0 Å². The number of likely N-dealkylation sites (tertiary alicyclic amines) is 1. The Balaban J connectivity index is 0.00000300. The molecular weight excluding hydrogens is 481 g/mol. The second-order valence-electron chi connectivity index (χ2n) is 7.02. The van der Waals surface area contributed by atoms with Gasteiger partial charge in [-0.15, -0.1) is 24.0 Å². The van der Waals surface area contributed by atoms with Crippen LogP contribution in [0.25, 0.3) is 0 Å². The minimum absolute atomic E-state index is 0. The summed E-state index contributed by atoms with van der Waals surface area (Å²) in [5.41, 5.74) is 1.27. The molecule has 1 aromatic carbocycles. The Labute approximate surface area is 189 Å². The number of carbonyl (C=O) groups excluding carboxylic acids is 1. The van der Waals surface area contributed by atoms with E-state index in [4.69, 9.17) is 0 Å². The first-order chi connectivity index (χ1) is 13.7. The maximum Gasteiger partial charge on any atom is 0.223 e. The van der Waals surface area contributed by atoms with Crippen LogP contribution in [0.4, 0.5) is 0 Å². The average molecular weight is 511 g/mol. The maximum atomic E-state index is 12.3. The summed E-state index contributed by atoms with van der Waals surface area (Å²) in [5, 5.41) is 10.7. The van der Waals surface area contributed by atoms with Gasteiger partial charge in [0.15, 0.2) is 5.96 Å². The Kier molecular flexibility index (Phi) is 9.36. The number of aliphatic imine (C=N–C) groups is 1. The number of aromatic nitrogens is 3. The first-order valence-corrected chi connectivity index (χ1v) is 9.82. The molecule has 8 nitrogen and oxygen atoms in total. The fourth-order valence-electron chi connectivity index (χ4n) is 3.31. The van der Waals surface area contributed by atoms with Gasteiger partial charge in [0.1, 0.15) is 18.7 Å². The highest BCUT2D eigenvalue weighted by Gasteiger charge is 2.29. The third-order valence-corrected chi connectivity index (χ3v) is 4.89. The van der Waals surface area contributed by atoms with Crippen LogP contribution in [0.1, 0.15) is 24.7 Å². The summed E-state index contributed by atoms with van der Waals surface area (Å²) in [5.74, 6) is 2.08. The van der Waals surface area contributed by atoms with Crippen molar-refractivity contribution in [1.29, 1.82) is 0 Å². The van der Waals surface area contributed by atoms with E-state index in [1.165, 1.54) is 11.9 Å². The molecule has 0 saturated carbocycles. The van der Waals surface area contributed by atoms with Gasteiger partial charge in [-0.05, 0) is 18.9 Å². The van der Waals surface area contributed by atoms with Crippen LogP contribution < -0.4 is 10.6 Å². The number of amides is 1. The van der Waals surface area contributed by atoms with Gasteiger partial charge in [-0.3, -0.25) is 9.48 Å². The van der Waals surface area contributed by atoms with Gasteiger partial charge in [0, 0.05) is 45.6 Å². The van der Waals surface area contributed by atoms with Crippen LogP contribution in [0, 0.1) is 5.92 Å². The van der Waals surface area contributed by atoms with Crippen molar-refractivity contribution in [3.05, 3.63) is 48.0 Å². The molecule has 0 radical (unpaired) electrons. The molecule has 9 heteroatoms. The first kappa shape index (κ1) is 23.1. The second-order valence-corrected chi connectivity index (χ2v) is 7.02. The topological polar surface area (TPSA) is 87.4 Å². The summed E-state index contributed by atoms with van der Waals surface area (Å²) in [7, 11) is 1.85. The molecule has 3 rings (SSSR count). The Bertz CT molecular complexity index is 793. The molecule has 1 aliphatic rings. The van der Waals surface area contributed by atoms with Crippen LogP contribution >= 0.6 is 24.0 Å². The lowest BCUT2D eigenvalue weighted by molar-refractivity contribution is -0.127. The van der Waals surface area contributed by atoms with Crippen LogP contribution in [-0.4, -0.2) is 57.7 Å². The number of carbonyl (C=O) groups is 1. The zero-order valence-electron chi connectivity index (χ0n) is 17.0. The van der Waals surface area contributed by atoms with Crippen molar-refractivity contribution < 1.29 is 4.79 Å². The van der Waals surface area contributed by atoms with Gasteiger partial charge >= 0.3 is 0 Å². The van der Waals surface area contributed by atoms with Crippen molar-refractivity contribution in [2.75, 3.05) is 26.2 Å². The summed E-state index contributed by atoms with van der Waals surface area (Å²) >= 11 is 0. The lowest BCUT2D eigenvalue weighted by atomic mass is 10.1. The molecular formula is C20H30IN7O. The van der Waals surface area contributed by atoms with Gasteiger partial charge in [0.2, 0.25) is 5.91 Å². The van der Waals surface area contributed by atoms with E-state index in [9.17, 15) is 4.79 Å². The molecule has 0 spiro atoms. The Hall–Kier alpha value is -2.17. The van der Waals surface area contributed by atoms with Gasteiger partial charge in [-0.2, -0.15) is 5.10 Å². The average Bonchev–Trinajstić information content (AvgIpc) is 3.28. The van der Waals surface area contributed by atoms with E-state index >= 15 is 0 Å². The van der Waals surface area contributed by atoms with E-state index in [1.807, 2.05) is 37.1 Å². The Morgan fingerprint density at radius 2 is 2.07 bits per heavy atom. The molecule has 0 aliphatic carbocycles. The number of nitrogens with zero attached hydrogens (tertiary/aromatic N) is 5. The van der Waals surface area contributed by atoms with Gasteiger partial charge in [0.25, 0.3) is 0 Å². The Morgan fingerprint density at radius 1 is 1.28 bits per heavy atom. The lowest BCUT2D eigenvalue weighted by Gasteiger charge is -2.18. The van der Waals surface area contributed by atoms with Crippen LogP contribution in [0.3, 0.4) is 0 Å². The smallest absolute Gasteiger partial charge is 0.223 e. The Morgan fingerprint density at radius 3 is 2.76 bits per heavy atom. The van der Waals surface area contributed by atoms with Gasteiger partial charge in [-0.25, -0.2) is 9.98 Å². The van der Waals surface area contributed by atoms with Gasteiger partial charge in [-0.1, -0.05) is 30.3 Å². The predicted molar refractivity (Wildman–Crippen MR) is 124 cm³/mol. The molecule has 1 saturated heterocycles. The second kappa shape index (κ2) is 11.7.